The van der Waals surface area contributed by atoms with Crippen LogP contribution in [0.15, 0.2) is 48.5 Å². The van der Waals surface area contributed by atoms with Crippen molar-refractivity contribution < 1.29 is 24.2 Å². The Morgan fingerprint density at radius 1 is 1.13 bits per heavy atom. The molecule has 30 heavy (non-hydrogen) atoms. The molecule has 0 fully saturated rings. The van der Waals surface area contributed by atoms with Crippen molar-refractivity contribution >= 4 is 17.7 Å². The Balaban J connectivity index is 2.12. The number of hydrogen-bond acceptors (Lipinski definition) is 5. The minimum atomic E-state index is -0.560. The van der Waals surface area contributed by atoms with E-state index in [2.05, 4.69) is 23.8 Å². The monoisotopic (exact) mass is 413 g/mol. The van der Waals surface area contributed by atoms with E-state index in [1.807, 2.05) is 24.3 Å². The Labute approximate surface area is 178 Å². The van der Waals surface area contributed by atoms with E-state index in [0.717, 1.165) is 24.8 Å². The van der Waals surface area contributed by atoms with Gasteiger partial charge in [-0.1, -0.05) is 37.3 Å². The summed E-state index contributed by atoms with van der Waals surface area (Å²) in [5, 5.41) is 10.3. The number of nitrogens with zero attached hydrogens (tertiary/aromatic N) is 1. The quantitative estimate of drug-likeness (QED) is 0.552. The molecule has 0 aromatic heterocycles. The molecule has 6 nitrogen and oxygen atoms in total. The van der Waals surface area contributed by atoms with Crippen molar-refractivity contribution in [2.45, 2.75) is 45.4 Å². The van der Waals surface area contributed by atoms with E-state index >= 15 is 0 Å². The molecule has 2 aromatic rings. The van der Waals surface area contributed by atoms with Crippen LogP contribution in [0.4, 0.5) is 10.5 Å². The lowest BCUT2D eigenvalue weighted by atomic mass is 9.93. The largest absolute Gasteiger partial charge is 0.508 e. The van der Waals surface area contributed by atoms with Crippen LogP contribution < -0.4 is 4.90 Å². The number of aromatic hydroxyl groups is 1. The number of carbonyl (C=O) groups excluding carboxylic acids is 2. The summed E-state index contributed by atoms with van der Waals surface area (Å²) in [6.45, 7) is 4.15. The van der Waals surface area contributed by atoms with Gasteiger partial charge in [0.1, 0.15) is 5.75 Å². The van der Waals surface area contributed by atoms with E-state index in [9.17, 15) is 14.7 Å². The van der Waals surface area contributed by atoms with Crippen LogP contribution in [0.2, 0.25) is 0 Å². The highest BCUT2D eigenvalue weighted by molar-refractivity contribution is 5.89. The molecule has 1 amide bonds. The van der Waals surface area contributed by atoms with Crippen molar-refractivity contribution in [1.29, 1.82) is 0 Å². The zero-order valence-electron chi connectivity index (χ0n) is 18.0. The number of carbonyl (C=O) groups is 2. The summed E-state index contributed by atoms with van der Waals surface area (Å²) in [5.74, 6) is -0.145. The first-order valence-electron chi connectivity index (χ1n) is 10.3. The standard InChI is InChI=1S/C24H31NO5/c1-4-30-24(28)25(14-13-23(27)29-3)21-15-20(16-22(26)17-21)18(2)9-8-12-19-10-6-5-7-11-19/h5-7,10-11,15-18,26H,4,8-9,12-14H2,1-3H3. The Bertz CT molecular complexity index is 822. The lowest BCUT2D eigenvalue weighted by Crippen LogP contribution is -2.33. The second-order valence-electron chi connectivity index (χ2n) is 7.24. The normalized spacial score (nSPS) is 11.6. The first-order valence-corrected chi connectivity index (χ1v) is 10.3. The topological polar surface area (TPSA) is 76.1 Å². The van der Waals surface area contributed by atoms with Crippen LogP contribution in [0, 0.1) is 0 Å². The molecule has 1 atom stereocenters. The predicted octanol–water partition coefficient (Wildman–Crippen LogP) is 5.04. The van der Waals surface area contributed by atoms with Crippen molar-refractivity contribution in [2.75, 3.05) is 25.2 Å². The van der Waals surface area contributed by atoms with E-state index in [1.165, 1.54) is 23.6 Å². The third kappa shape index (κ3) is 7.10. The number of phenols is 1. The fourth-order valence-corrected chi connectivity index (χ4v) is 3.31. The SMILES string of the molecule is CCOC(=O)N(CCC(=O)OC)c1cc(O)cc(C(C)CCCc2ccccc2)c1. The fourth-order valence-electron chi connectivity index (χ4n) is 3.31. The number of amides is 1. The molecule has 0 spiro atoms. The van der Waals surface area contributed by atoms with Crippen LogP contribution in [0.1, 0.15) is 50.2 Å². The lowest BCUT2D eigenvalue weighted by molar-refractivity contribution is -0.140. The molecular formula is C24H31NO5. The zero-order chi connectivity index (χ0) is 21.9. The summed E-state index contributed by atoms with van der Waals surface area (Å²) in [5.41, 5.74) is 2.74. The van der Waals surface area contributed by atoms with E-state index in [1.54, 1.807) is 13.0 Å². The molecule has 1 unspecified atom stereocenters. The molecule has 2 aromatic carbocycles. The Hall–Kier alpha value is -3.02. The molecular weight excluding hydrogens is 382 g/mol. The number of methoxy groups -OCH3 is 1. The third-order valence-corrected chi connectivity index (χ3v) is 5.01. The van der Waals surface area contributed by atoms with Gasteiger partial charge in [-0.05, 0) is 55.4 Å². The summed E-state index contributed by atoms with van der Waals surface area (Å²) in [6, 6.07) is 15.4. The number of aryl methyl sites for hydroxylation is 1. The van der Waals surface area contributed by atoms with Gasteiger partial charge in [-0.25, -0.2) is 4.79 Å². The van der Waals surface area contributed by atoms with Crippen molar-refractivity contribution in [1.82, 2.24) is 0 Å². The maximum absolute atomic E-state index is 12.4. The number of esters is 1. The van der Waals surface area contributed by atoms with E-state index < -0.39 is 12.1 Å². The van der Waals surface area contributed by atoms with Gasteiger partial charge in [0, 0.05) is 12.6 Å². The maximum atomic E-state index is 12.4. The van der Waals surface area contributed by atoms with Crippen LogP contribution in [0.25, 0.3) is 0 Å². The summed E-state index contributed by atoms with van der Waals surface area (Å²) in [6.07, 6.45) is 2.42. The highest BCUT2D eigenvalue weighted by Crippen LogP contribution is 2.30. The molecule has 0 saturated carbocycles. The van der Waals surface area contributed by atoms with E-state index in [0.29, 0.717) is 5.69 Å². The molecule has 0 bridgehead atoms. The van der Waals surface area contributed by atoms with Gasteiger partial charge >= 0.3 is 12.1 Å². The number of rotatable bonds is 10. The summed E-state index contributed by atoms with van der Waals surface area (Å²) in [7, 11) is 1.31. The second kappa shape index (κ2) is 11.9. The lowest BCUT2D eigenvalue weighted by Gasteiger charge is -2.23. The summed E-state index contributed by atoms with van der Waals surface area (Å²) < 4.78 is 9.81. The number of hydrogen-bond donors (Lipinski definition) is 1. The van der Waals surface area contributed by atoms with Gasteiger partial charge in [-0.3, -0.25) is 9.69 Å². The van der Waals surface area contributed by atoms with Crippen molar-refractivity contribution in [3.05, 3.63) is 59.7 Å². The van der Waals surface area contributed by atoms with Gasteiger partial charge in [0.15, 0.2) is 0 Å². The number of ether oxygens (including phenoxy) is 2. The van der Waals surface area contributed by atoms with Gasteiger partial charge in [-0.15, -0.1) is 0 Å². The maximum Gasteiger partial charge on any atom is 0.414 e. The minimum absolute atomic E-state index is 0.0347. The molecule has 2 rings (SSSR count). The molecule has 0 aliphatic rings. The first kappa shape index (κ1) is 23.3. The van der Waals surface area contributed by atoms with Crippen LogP contribution in [-0.4, -0.2) is 37.4 Å². The highest BCUT2D eigenvalue weighted by atomic mass is 16.6. The predicted molar refractivity (Wildman–Crippen MR) is 117 cm³/mol. The van der Waals surface area contributed by atoms with Crippen molar-refractivity contribution in [3.8, 4) is 5.75 Å². The summed E-state index contributed by atoms with van der Waals surface area (Å²) >= 11 is 0. The van der Waals surface area contributed by atoms with Crippen LogP contribution >= 0.6 is 0 Å². The molecule has 0 saturated heterocycles. The summed E-state index contributed by atoms with van der Waals surface area (Å²) in [4.78, 5) is 25.4. The van der Waals surface area contributed by atoms with Crippen LogP contribution in [0.3, 0.4) is 0 Å². The van der Waals surface area contributed by atoms with Crippen LogP contribution in [-0.2, 0) is 20.7 Å². The molecule has 0 aliphatic carbocycles. The van der Waals surface area contributed by atoms with Gasteiger partial charge < -0.3 is 14.6 Å². The van der Waals surface area contributed by atoms with Crippen molar-refractivity contribution in [2.24, 2.45) is 0 Å². The highest BCUT2D eigenvalue weighted by Gasteiger charge is 2.20. The van der Waals surface area contributed by atoms with Crippen molar-refractivity contribution in [3.63, 3.8) is 0 Å². The number of benzene rings is 2. The van der Waals surface area contributed by atoms with Crippen LogP contribution in [0.5, 0.6) is 5.75 Å². The number of anilines is 1. The van der Waals surface area contributed by atoms with E-state index in [-0.39, 0.29) is 31.2 Å². The fraction of sp³-hybridized carbons (Fsp3) is 0.417. The van der Waals surface area contributed by atoms with Gasteiger partial charge in [-0.2, -0.15) is 0 Å². The van der Waals surface area contributed by atoms with Gasteiger partial charge in [0.2, 0.25) is 0 Å². The third-order valence-electron chi connectivity index (χ3n) is 5.01. The van der Waals surface area contributed by atoms with E-state index in [4.69, 9.17) is 4.74 Å². The Kier molecular flexibility index (Phi) is 9.19. The average molecular weight is 414 g/mol. The minimum Gasteiger partial charge on any atom is -0.508 e. The number of phenolic OH excluding ortho intramolecular Hbond substituents is 1. The molecule has 1 N–H and O–H groups in total. The average Bonchev–Trinajstić information content (AvgIpc) is 2.74. The molecule has 162 valence electrons. The second-order valence-corrected chi connectivity index (χ2v) is 7.24. The first-order chi connectivity index (χ1) is 14.4. The molecule has 0 aliphatic heterocycles. The van der Waals surface area contributed by atoms with Gasteiger partial charge in [0.05, 0.1) is 25.8 Å². The zero-order valence-corrected chi connectivity index (χ0v) is 18.0. The molecule has 0 radical (unpaired) electrons. The molecule has 0 heterocycles. The molecule has 6 heteroatoms. The van der Waals surface area contributed by atoms with Gasteiger partial charge in [0.25, 0.3) is 0 Å². The Morgan fingerprint density at radius 2 is 1.87 bits per heavy atom. The Morgan fingerprint density at radius 3 is 2.53 bits per heavy atom. The smallest absolute Gasteiger partial charge is 0.414 e.